The van der Waals surface area contributed by atoms with Crippen LogP contribution in [0.25, 0.3) is 0 Å². The lowest BCUT2D eigenvalue weighted by Crippen LogP contribution is -2.46. The van der Waals surface area contributed by atoms with Gasteiger partial charge in [0.25, 0.3) is 0 Å². The number of fused-ring (bicyclic) bond motifs is 1. The molecule has 1 heterocycles. The van der Waals surface area contributed by atoms with Crippen LogP contribution in [-0.2, 0) is 14.4 Å². The Morgan fingerprint density at radius 1 is 1.21 bits per heavy atom. The van der Waals surface area contributed by atoms with Gasteiger partial charge in [0.2, 0.25) is 17.7 Å². The van der Waals surface area contributed by atoms with Crippen LogP contribution in [0.2, 0.25) is 0 Å². The van der Waals surface area contributed by atoms with E-state index in [4.69, 9.17) is 0 Å². The maximum Gasteiger partial charge on any atom is 0.247 e. The molecule has 1 saturated heterocycles. The molecule has 6 heteroatoms. The van der Waals surface area contributed by atoms with E-state index >= 15 is 0 Å². The van der Waals surface area contributed by atoms with E-state index < -0.39 is 6.04 Å². The van der Waals surface area contributed by atoms with Crippen molar-refractivity contribution in [2.75, 3.05) is 5.32 Å². The largest absolute Gasteiger partial charge is 0.323 e. The quantitative estimate of drug-likeness (QED) is 0.802. The van der Waals surface area contributed by atoms with E-state index in [9.17, 15) is 14.4 Å². The van der Waals surface area contributed by atoms with Crippen LogP contribution in [0.1, 0.15) is 38.2 Å². The number of hydrogen-bond donors (Lipinski definition) is 1. The zero-order valence-corrected chi connectivity index (χ0v) is 15.4. The number of nitrogens with one attached hydrogen (secondary N) is 1. The standard InChI is InChI=1S/C18H21BrN2O3/c1-10-7-8-15(14(19)9-10)20-16(22)11(2)21-17(23)12-5-3-4-6-13(12)18(21)24/h7-9,11-13H,3-6H2,1-2H3,(H,20,22). The number of likely N-dealkylation sites (tertiary alicyclic amines) is 1. The van der Waals surface area contributed by atoms with Gasteiger partial charge >= 0.3 is 0 Å². The van der Waals surface area contributed by atoms with Crippen molar-refractivity contribution in [1.29, 1.82) is 0 Å². The van der Waals surface area contributed by atoms with Gasteiger partial charge in [0.15, 0.2) is 0 Å². The van der Waals surface area contributed by atoms with Crippen molar-refractivity contribution in [3.8, 4) is 0 Å². The predicted octanol–water partition coefficient (Wildman–Crippen LogP) is 3.26. The number of carbonyl (C=O) groups is 3. The van der Waals surface area contributed by atoms with Crippen LogP contribution in [0.3, 0.4) is 0 Å². The lowest BCUT2D eigenvalue weighted by Gasteiger charge is -2.22. The first-order valence-corrected chi connectivity index (χ1v) is 9.13. The Bertz CT molecular complexity index is 680. The normalized spacial score (nSPS) is 24.7. The van der Waals surface area contributed by atoms with Crippen LogP contribution in [0.15, 0.2) is 22.7 Å². The molecule has 0 radical (unpaired) electrons. The summed E-state index contributed by atoms with van der Waals surface area (Å²) in [4.78, 5) is 38.9. The Hall–Kier alpha value is -1.69. The molecular formula is C18H21BrN2O3. The number of benzene rings is 1. The van der Waals surface area contributed by atoms with Gasteiger partial charge in [0.1, 0.15) is 6.04 Å². The fourth-order valence-corrected chi connectivity index (χ4v) is 4.24. The van der Waals surface area contributed by atoms with Gasteiger partial charge in [-0.2, -0.15) is 0 Å². The van der Waals surface area contributed by atoms with Gasteiger partial charge in [-0.15, -0.1) is 0 Å². The summed E-state index contributed by atoms with van der Waals surface area (Å²) < 4.78 is 0.774. The summed E-state index contributed by atoms with van der Waals surface area (Å²) in [7, 11) is 0. The lowest BCUT2D eigenvalue weighted by atomic mass is 9.81. The highest BCUT2D eigenvalue weighted by Gasteiger charge is 2.50. The van der Waals surface area contributed by atoms with Gasteiger partial charge in [-0.1, -0.05) is 18.9 Å². The molecule has 5 nitrogen and oxygen atoms in total. The number of hydrogen-bond acceptors (Lipinski definition) is 3. The molecule has 1 N–H and O–H groups in total. The average molecular weight is 393 g/mol. The van der Waals surface area contributed by atoms with E-state index in [0.717, 1.165) is 35.7 Å². The average Bonchev–Trinajstić information content (AvgIpc) is 2.81. The van der Waals surface area contributed by atoms with E-state index in [-0.39, 0.29) is 29.6 Å². The van der Waals surface area contributed by atoms with Gasteiger partial charge in [-0.25, -0.2) is 0 Å². The number of carbonyl (C=O) groups excluding carboxylic acids is 3. The number of rotatable bonds is 3. The summed E-state index contributed by atoms with van der Waals surface area (Å²) in [5.74, 6) is -1.18. The van der Waals surface area contributed by atoms with Crippen molar-refractivity contribution in [3.63, 3.8) is 0 Å². The molecule has 0 spiro atoms. The molecule has 2 fully saturated rings. The van der Waals surface area contributed by atoms with Gasteiger partial charge in [0, 0.05) is 4.47 Å². The van der Waals surface area contributed by atoms with Crippen LogP contribution in [0, 0.1) is 18.8 Å². The molecule has 3 unspecified atom stereocenters. The van der Waals surface area contributed by atoms with Gasteiger partial charge in [-0.05, 0) is 60.3 Å². The maximum atomic E-state index is 12.6. The zero-order chi connectivity index (χ0) is 17.4. The molecular weight excluding hydrogens is 372 g/mol. The van der Waals surface area contributed by atoms with Crippen LogP contribution in [0.5, 0.6) is 0 Å². The van der Waals surface area contributed by atoms with Crippen LogP contribution in [-0.4, -0.2) is 28.7 Å². The molecule has 1 aromatic carbocycles. The number of nitrogens with zero attached hydrogens (tertiary/aromatic N) is 1. The van der Waals surface area contributed by atoms with Gasteiger partial charge in [-0.3, -0.25) is 19.3 Å². The maximum absolute atomic E-state index is 12.6. The van der Waals surface area contributed by atoms with E-state index in [1.54, 1.807) is 13.0 Å². The second-order valence-electron chi connectivity index (χ2n) is 6.69. The van der Waals surface area contributed by atoms with Crippen molar-refractivity contribution in [2.24, 2.45) is 11.8 Å². The Morgan fingerprint density at radius 2 is 1.79 bits per heavy atom. The summed E-state index contributed by atoms with van der Waals surface area (Å²) in [6, 6.07) is 4.80. The monoisotopic (exact) mass is 392 g/mol. The predicted molar refractivity (Wildman–Crippen MR) is 94.3 cm³/mol. The molecule has 0 aromatic heterocycles. The molecule has 3 amide bonds. The Kier molecular flexibility index (Phi) is 4.76. The molecule has 24 heavy (non-hydrogen) atoms. The Labute approximate surface area is 149 Å². The highest BCUT2D eigenvalue weighted by molar-refractivity contribution is 9.10. The number of imide groups is 1. The van der Waals surface area contributed by atoms with Crippen molar-refractivity contribution in [1.82, 2.24) is 4.90 Å². The molecule has 1 aliphatic carbocycles. The first-order chi connectivity index (χ1) is 11.4. The van der Waals surface area contributed by atoms with E-state index in [1.165, 1.54) is 4.90 Å². The topological polar surface area (TPSA) is 66.5 Å². The molecule has 3 rings (SSSR count). The minimum atomic E-state index is -0.802. The highest BCUT2D eigenvalue weighted by atomic mass is 79.9. The summed E-state index contributed by atoms with van der Waals surface area (Å²) in [5, 5.41) is 2.80. The highest BCUT2D eigenvalue weighted by Crippen LogP contribution is 2.39. The van der Waals surface area contributed by atoms with Crippen LogP contribution < -0.4 is 5.32 Å². The fraction of sp³-hybridized carbons (Fsp3) is 0.500. The Balaban J connectivity index is 1.75. The second-order valence-corrected chi connectivity index (χ2v) is 7.55. The zero-order valence-electron chi connectivity index (χ0n) is 13.8. The van der Waals surface area contributed by atoms with Crippen molar-refractivity contribution in [3.05, 3.63) is 28.2 Å². The third kappa shape index (κ3) is 2.99. The van der Waals surface area contributed by atoms with E-state index in [1.807, 2.05) is 19.1 Å². The third-order valence-corrected chi connectivity index (χ3v) is 5.68. The first-order valence-electron chi connectivity index (χ1n) is 8.34. The van der Waals surface area contributed by atoms with E-state index in [0.29, 0.717) is 5.69 Å². The van der Waals surface area contributed by atoms with Gasteiger partial charge < -0.3 is 5.32 Å². The summed E-state index contributed by atoms with van der Waals surface area (Å²) >= 11 is 3.42. The molecule has 3 atom stereocenters. The molecule has 1 aromatic rings. The second kappa shape index (κ2) is 6.67. The van der Waals surface area contributed by atoms with Crippen LogP contribution >= 0.6 is 15.9 Å². The van der Waals surface area contributed by atoms with Gasteiger partial charge in [0.05, 0.1) is 17.5 Å². The lowest BCUT2D eigenvalue weighted by molar-refractivity contribution is -0.146. The minimum Gasteiger partial charge on any atom is -0.323 e. The molecule has 1 saturated carbocycles. The minimum absolute atomic E-state index is 0.185. The van der Waals surface area contributed by atoms with Crippen molar-refractivity contribution in [2.45, 2.75) is 45.6 Å². The SMILES string of the molecule is Cc1ccc(NC(=O)C(C)N2C(=O)C3CCCCC3C2=O)c(Br)c1. The number of halogens is 1. The number of anilines is 1. The van der Waals surface area contributed by atoms with Crippen LogP contribution in [0.4, 0.5) is 5.69 Å². The molecule has 2 aliphatic rings. The molecule has 0 bridgehead atoms. The van der Waals surface area contributed by atoms with Crippen molar-refractivity contribution < 1.29 is 14.4 Å². The summed E-state index contributed by atoms with van der Waals surface area (Å²) in [6.07, 6.45) is 3.46. The first kappa shape index (κ1) is 17.1. The van der Waals surface area contributed by atoms with E-state index in [2.05, 4.69) is 21.2 Å². The fourth-order valence-electron chi connectivity index (χ4n) is 3.65. The molecule has 128 valence electrons. The third-order valence-electron chi connectivity index (χ3n) is 5.02. The summed E-state index contributed by atoms with van der Waals surface area (Å²) in [6.45, 7) is 3.58. The summed E-state index contributed by atoms with van der Waals surface area (Å²) in [5.41, 5.74) is 1.70. The smallest absolute Gasteiger partial charge is 0.247 e. The Morgan fingerprint density at radius 3 is 2.33 bits per heavy atom. The molecule has 1 aliphatic heterocycles. The number of aryl methyl sites for hydroxylation is 1. The van der Waals surface area contributed by atoms with Crippen molar-refractivity contribution >= 4 is 39.3 Å². The number of amides is 3.